The highest BCUT2D eigenvalue weighted by atomic mass is 35.5. The monoisotopic (exact) mass is 363 g/mol. The van der Waals surface area contributed by atoms with Gasteiger partial charge in [0.05, 0.1) is 19.8 Å². The van der Waals surface area contributed by atoms with Crippen LogP contribution in [-0.2, 0) is 9.53 Å². The quantitative estimate of drug-likeness (QED) is 0.795. The Kier molecular flexibility index (Phi) is 6.25. The lowest BCUT2D eigenvalue weighted by Gasteiger charge is -2.11. The summed E-state index contributed by atoms with van der Waals surface area (Å²) >= 11 is 6.00. The molecule has 0 radical (unpaired) electrons. The van der Waals surface area contributed by atoms with Gasteiger partial charge < -0.3 is 19.5 Å². The first-order chi connectivity index (χ1) is 11.9. The fraction of sp³-hybridized carbons (Fsp3) is 0.222. The van der Waals surface area contributed by atoms with Crippen molar-refractivity contribution < 1.29 is 23.8 Å². The summed E-state index contributed by atoms with van der Waals surface area (Å²) in [6, 6.07) is 9.80. The van der Waals surface area contributed by atoms with E-state index in [2.05, 4.69) is 5.32 Å². The third-order valence-electron chi connectivity index (χ3n) is 3.46. The number of rotatable bonds is 6. The van der Waals surface area contributed by atoms with Crippen molar-refractivity contribution in [2.75, 3.05) is 26.1 Å². The molecule has 0 unspecified atom stereocenters. The van der Waals surface area contributed by atoms with Gasteiger partial charge in [-0.2, -0.15) is 0 Å². The predicted octanol–water partition coefficient (Wildman–Crippen LogP) is 3.46. The lowest BCUT2D eigenvalue weighted by molar-refractivity contribution is -0.119. The minimum Gasteiger partial charge on any atom is -0.497 e. The topological polar surface area (TPSA) is 73.9 Å². The van der Waals surface area contributed by atoms with Crippen molar-refractivity contribution in [2.24, 2.45) is 0 Å². The number of ether oxygens (including phenoxy) is 3. The fourth-order valence-electron chi connectivity index (χ4n) is 2.07. The molecule has 0 aromatic heterocycles. The summed E-state index contributed by atoms with van der Waals surface area (Å²) in [6.07, 6.45) is 0. The summed E-state index contributed by atoms with van der Waals surface area (Å²) < 4.78 is 15.2. The number of nitrogens with one attached hydrogen (secondary N) is 1. The number of hydrogen-bond donors (Lipinski definition) is 1. The summed E-state index contributed by atoms with van der Waals surface area (Å²) in [5.41, 5.74) is 1.53. The Balaban J connectivity index is 2.00. The second-order valence-corrected chi connectivity index (χ2v) is 5.55. The largest absolute Gasteiger partial charge is 0.497 e. The molecule has 0 bridgehead atoms. The summed E-state index contributed by atoms with van der Waals surface area (Å²) in [7, 11) is 2.95. The number of methoxy groups -OCH3 is 2. The lowest BCUT2D eigenvalue weighted by Crippen LogP contribution is -2.21. The molecule has 6 nitrogen and oxygen atoms in total. The first-order valence-corrected chi connectivity index (χ1v) is 7.77. The van der Waals surface area contributed by atoms with Gasteiger partial charge in [-0.1, -0.05) is 17.7 Å². The van der Waals surface area contributed by atoms with Crippen molar-refractivity contribution in [3.8, 4) is 11.5 Å². The molecule has 0 saturated carbocycles. The van der Waals surface area contributed by atoms with Gasteiger partial charge in [0.2, 0.25) is 0 Å². The fourth-order valence-corrected chi connectivity index (χ4v) is 2.24. The van der Waals surface area contributed by atoms with Crippen LogP contribution in [0.4, 0.5) is 5.69 Å². The zero-order valence-corrected chi connectivity index (χ0v) is 14.8. The molecule has 0 heterocycles. The van der Waals surface area contributed by atoms with Crippen molar-refractivity contribution >= 4 is 29.2 Å². The van der Waals surface area contributed by atoms with Crippen LogP contribution in [0.5, 0.6) is 11.5 Å². The molecule has 7 heteroatoms. The number of hydrogen-bond acceptors (Lipinski definition) is 5. The molecule has 2 rings (SSSR count). The van der Waals surface area contributed by atoms with E-state index in [1.807, 2.05) is 0 Å². The molecule has 1 N–H and O–H groups in total. The molecule has 132 valence electrons. The van der Waals surface area contributed by atoms with Crippen molar-refractivity contribution in [2.45, 2.75) is 6.92 Å². The second kappa shape index (κ2) is 8.39. The van der Waals surface area contributed by atoms with E-state index in [-0.39, 0.29) is 5.56 Å². The van der Waals surface area contributed by atoms with Gasteiger partial charge in [-0.25, -0.2) is 4.79 Å². The van der Waals surface area contributed by atoms with Crippen LogP contribution in [0.25, 0.3) is 0 Å². The average Bonchev–Trinajstić information content (AvgIpc) is 2.63. The molecule has 2 aromatic rings. The van der Waals surface area contributed by atoms with Crippen LogP contribution < -0.4 is 14.8 Å². The van der Waals surface area contributed by atoms with E-state index in [9.17, 15) is 9.59 Å². The van der Waals surface area contributed by atoms with E-state index in [1.54, 1.807) is 31.2 Å². The SMILES string of the molecule is COc1cc(OC)cc(C(=O)OCC(=O)Nc2cccc(Cl)c2C)c1. The van der Waals surface area contributed by atoms with E-state index in [4.69, 9.17) is 25.8 Å². The number of esters is 1. The molecule has 0 spiro atoms. The zero-order valence-electron chi connectivity index (χ0n) is 14.1. The predicted molar refractivity (Wildman–Crippen MR) is 94.6 cm³/mol. The van der Waals surface area contributed by atoms with Crippen LogP contribution >= 0.6 is 11.6 Å². The Bertz CT molecular complexity index is 769. The zero-order chi connectivity index (χ0) is 18.4. The smallest absolute Gasteiger partial charge is 0.338 e. The first-order valence-electron chi connectivity index (χ1n) is 7.39. The molecule has 0 fully saturated rings. The maximum Gasteiger partial charge on any atom is 0.338 e. The molecular weight excluding hydrogens is 346 g/mol. The van der Waals surface area contributed by atoms with Gasteiger partial charge in [0, 0.05) is 16.8 Å². The Labute approximate surface area is 150 Å². The maximum absolute atomic E-state index is 12.1. The third kappa shape index (κ3) is 4.87. The standard InChI is InChI=1S/C18H18ClNO5/c1-11-15(19)5-4-6-16(11)20-17(21)10-25-18(22)12-7-13(23-2)9-14(8-12)24-3/h4-9H,10H2,1-3H3,(H,20,21). The number of benzene rings is 2. The van der Waals surface area contributed by atoms with Crippen molar-refractivity contribution in [3.05, 3.63) is 52.5 Å². The second-order valence-electron chi connectivity index (χ2n) is 5.14. The van der Waals surface area contributed by atoms with Gasteiger partial charge in [-0.15, -0.1) is 0 Å². The number of anilines is 1. The molecule has 2 aromatic carbocycles. The van der Waals surface area contributed by atoms with Crippen LogP contribution in [0.3, 0.4) is 0 Å². The molecule has 25 heavy (non-hydrogen) atoms. The maximum atomic E-state index is 12.1. The van der Waals surface area contributed by atoms with Crippen LogP contribution in [0, 0.1) is 6.92 Å². The molecular formula is C18H18ClNO5. The Morgan fingerprint density at radius 2 is 1.72 bits per heavy atom. The molecule has 0 aliphatic heterocycles. The molecule has 1 amide bonds. The number of halogens is 1. The Morgan fingerprint density at radius 1 is 1.08 bits per heavy atom. The molecule has 0 saturated heterocycles. The summed E-state index contributed by atoms with van der Waals surface area (Å²) in [5, 5.41) is 3.19. The van der Waals surface area contributed by atoms with Gasteiger partial charge in [-0.3, -0.25) is 4.79 Å². The van der Waals surface area contributed by atoms with Gasteiger partial charge in [0.25, 0.3) is 5.91 Å². The summed E-state index contributed by atoms with van der Waals surface area (Å²) in [4.78, 5) is 24.1. The average molecular weight is 364 g/mol. The molecule has 0 aliphatic rings. The highest BCUT2D eigenvalue weighted by molar-refractivity contribution is 6.31. The Morgan fingerprint density at radius 3 is 2.32 bits per heavy atom. The van der Waals surface area contributed by atoms with Crippen molar-refractivity contribution in [1.29, 1.82) is 0 Å². The van der Waals surface area contributed by atoms with Gasteiger partial charge >= 0.3 is 5.97 Å². The number of amides is 1. The van der Waals surface area contributed by atoms with E-state index >= 15 is 0 Å². The van der Waals surface area contributed by atoms with Crippen LogP contribution in [0.2, 0.25) is 5.02 Å². The summed E-state index contributed by atoms with van der Waals surface area (Å²) in [6.45, 7) is 1.36. The van der Waals surface area contributed by atoms with E-state index in [1.165, 1.54) is 26.4 Å². The number of carbonyl (C=O) groups excluding carboxylic acids is 2. The Hall–Kier alpha value is -2.73. The van der Waals surface area contributed by atoms with Crippen molar-refractivity contribution in [1.82, 2.24) is 0 Å². The highest BCUT2D eigenvalue weighted by Crippen LogP contribution is 2.24. The van der Waals surface area contributed by atoms with Gasteiger partial charge in [0.1, 0.15) is 11.5 Å². The van der Waals surface area contributed by atoms with E-state index < -0.39 is 18.5 Å². The molecule has 0 aliphatic carbocycles. The third-order valence-corrected chi connectivity index (χ3v) is 3.87. The van der Waals surface area contributed by atoms with Crippen LogP contribution in [0.15, 0.2) is 36.4 Å². The normalized spacial score (nSPS) is 10.1. The van der Waals surface area contributed by atoms with Crippen LogP contribution in [0.1, 0.15) is 15.9 Å². The minimum absolute atomic E-state index is 0.225. The van der Waals surface area contributed by atoms with Gasteiger partial charge in [0.15, 0.2) is 6.61 Å². The number of carbonyl (C=O) groups is 2. The van der Waals surface area contributed by atoms with Crippen molar-refractivity contribution in [3.63, 3.8) is 0 Å². The lowest BCUT2D eigenvalue weighted by atomic mass is 10.2. The van der Waals surface area contributed by atoms with E-state index in [0.29, 0.717) is 22.2 Å². The van der Waals surface area contributed by atoms with E-state index in [0.717, 1.165) is 5.56 Å². The summed E-state index contributed by atoms with van der Waals surface area (Å²) in [5.74, 6) is -0.223. The molecule has 0 atom stereocenters. The van der Waals surface area contributed by atoms with Crippen LogP contribution in [-0.4, -0.2) is 32.7 Å². The highest BCUT2D eigenvalue weighted by Gasteiger charge is 2.14. The van der Waals surface area contributed by atoms with Gasteiger partial charge in [-0.05, 0) is 36.8 Å². The first kappa shape index (κ1) is 18.6. The minimum atomic E-state index is -0.657.